The monoisotopic (exact) mass is 242 g/mol. The van der Waals surface area contributed by atoms with Crippen LogP contribution in [-0.2, 0) is 6.54 Å². The molecule has 86 valence electrons. The van der Waals surface area contributed by atoms with Crippen LogP contribution in [0, 0.1) is 15.5 Å². The Balaban J connectivity index is 2.57. The van der Waals surface area contributed by atoms with Gasteiger partial charge in [0.2, 0.25) is 0 Å². The van der Waals surface area contributed by atoms with E-state index in [-0.39, 0.29) is 5.84 Å². The molecule has 0 aliphatic rings. The number of aromatic nitrogens is 1. The van der Waals surface area contributed by atoms with Gasteiger partial charge >= 0.3 is 0 Å². The van der Waals surface area contributed by atoms with Crippen molar-refractivity contribution in [3.8, 4) is 0 Å². The number of nitro groups is 1. The van der Waals surface area contributed by atoms with E-state index in [1.54, 1.807) is 25.4 Å². The lowest BCUT2D eigenvalue weighted by Gasteiger charge is -2.17. The Morgan fingerprint density at radius 1 is 1.69 bits per heavy atom. The fourth-order valence-corrected chi connectivity index (χ4v) is 1.22. The highest BCUT2D eigenvalue weighted by Crippen LogP contribution is 2.07. The standard InChI is InChI=1S/C9H11ClN4O2/c1-13(9(11)6-14(15)16)5-7-2-3-8(10)12-4-7/h2-4,11H,5-6H2,1H3. The Hall–Kier alpha value is -1.69. The van der Waals surface area contributed by atoms with Crippen molar-refractivity contribution in [3.05, 3.63) is 39.2 Å². The summed E-state index contributed by atoms with van der Waals surface area (Å²) in [4.78, 5) is 15.1. The molecule has 0 atom stereocenters. The molecule has 1 aromatic rings. The Bertz CT molecular complexity index is 393. The fourth-order valence-electron chi connectivity index (χ4n) is 1.11. The molecule has 6 nitrogen and oxygen atoms in total. The highest BCUT2D eigenvalue weighted by molar-refractivity contribution is 6.29. The van der Waals surface area contributed by atoms with Crippen molar-refractivity contribution in [1.29, 1.82) is 5.41 Å². The number of halogens is 1. The topological polar surface area (TPSA) is 83.1 Å². The van der Waals surface area contributed by atoms with Crippen LogP contribution in [0.5, 0.6) is 0 Å². The first-order chi connectivity index (χ1) is 7.49. The van der Waals surface area contributed by atoms with Gasteiger partial charge in [0, 0.05) is 24.7 Å². The molecule has 0 saturated carbocycles. The summed E-state index contributed by atoms with van der Waals surface area (Å²) >= 11 is 5.62. The summed E-state index contributed by atoms with van der Waals surface area (Å²) in [5.74, 6) is -0.0417. The van der Waals surface area contributed by atoms with Crippen LogP contribution in [0.2, 0.25) is 5.15 Å². The second kappa shape index (κ2) is 5.41. The summed E-state index contributed by atoms with van der Waals surface area (Å²) in [7, 11) is 1.63. The first-order valence-electron chi connectivity index (χ1n) is 4.50. The largest absolute Gasteiger partial charge is 0.354 e. The molecule has 1 heterocycles. The third-order valence-corrected chi connectivity index (χ3v) is 2.17. The van der Waals surface area contributed by atoms with Gasteiger partial charge in [0.25, 0.3) is 6.54 Å². The van der Waals surface area contributed by atoms with E-state index in [1.807, 2.05) is 0 Å². The number of hydrogen-bond acceptors (Lipinski definition) is 4. The van der Waals surface area contributed by atoms with Crippen LogP contribution in [0.15, 0.2) is 18.3 Å². The second-order valence-corrected chi connectivity index (χ2v) is 3.67. The average molecular weight is 243 g/mol. The van der Waals surface area contributed by atoms with E-state index in [0.29, 0.717) is 11.7 Å². The quantitative estimate of drug-likeness (QED) is 0.285. The number of rotatable bonds is 4. The lowest BCUT2D eigenvalue weighted by Crippen LogP contribution is -2.31. The smallest absolute Gasteiger partial charge is 0.259 e. The summed E-state index contributed by atoms with van der Waals surface area (Å²) in [5, 5.41) is 18.1. The molecule has 0 bridgehead atoms. The van der Waals surface area contributed by atoms with E-state index < -0.39 is 11.5 Å². The van der Waals surface area contributed by atoms with Crippen LogP contribution in [0.4, 0.5) is 0 Å². The minimum atomic E-state index is -0.529. The van der Waals surface area contributed by atoms with Gasteiger partial charge in [-0.05, 0) is 11.6 Å². The van der Waals surface area contributed by atoms with E-state index >= 15 is 0 Å². The molecule has 0 amide bonds. The molecule has 0 aliphatic heterocycles. The van der Waals surface area contributed by atoms with E-state index in [0.717, 1.165) is 5.56 Å². The van der Waals surface area contributed by atoms with Gasteiger partial charge in [0.1, 0.15) is 5.15 Å². The average Bonchev–Trinajstić information content (AvgIpc) is 2.20. The van der Waals surface area contributed by atoms with Crippen molar-refractivity contribution in [1.82, 2.24) is 9.88 Å². The number of amidine groups is 1. The Morgan fingerprint density at radius 2 is 2.38 bits per heavy atom. The van der Waals surface area contributed by atoms with Crippen LogP contribution in [0.1, 0.15) is 5.56 Å². The minimum Gasteiger partial charge on any atom is -0.354 e. The van der Waals surface area contributed by atoms with Gasteiger partial charge in [-0.3, -0.25) is 15.5 Å². The first kappa shape index (κ1) is 12.4. The molecule has 7 heteroatoms. The van der Waals surface area contributed by atoms with Crippen molar-refractivity contribution in [2.75, 3.05) is 13.6 Å². The molecular formula is C9H11ClN4O2. The van der Waals surface area contributed by atoms with Gasteiger partial charge in [-0.25, -0.2) is 4.98 Å². The minimum absolute atomic E-state index is 0.0417. The van der Waals surface area contributed by atoms with Crippen LogP contribution in [0.25, 0.3) is 0 Å². The van der Waals surface area contributed by atoms with Gasteiger partial charge in [-0.15, -0.1) is 0 Å². The van der Waals surface area contributed by atoms with E-state index in [1.165, 1.54) is 4.90 Å². The lowest BCUT2D eigenvalue weighted by atomic mass is 10.2. The van der Waals surface area contributed by atoms with Crippen molar-refractivity contribution >= 4 is 17.4 Å². The van der Waals surface area contributed by atoms with Crippen molar-refractivity contribution in [2.24, 2.45) is 0 Å². The predicted octanol–water partition coefficient (Wildman–Crippen LogP) is 1.42. The molecule has 0 spiro atoms. The maximum Gasteiger partial charge on any atom is 0.259 e. The van der Waals surface area contributed by atoms with Crippen LogP contribution < -0.4 is 0 Å². The maximum absolute atomic E-state index is 10.2. The Kier molecular flexibility index (Phi) is 4.19. The predicted molar refractivity (Wildman–Crippen MR) is 60.3 cm³/mol. The Labute approximate surface area is 97.5 Å². The van der Waals surface area contributed by atoms with Gasteiger partial charge in [0.05, 0.1) is 0 Å². The fraction of sp³-hybridized carbons (Fsp3) is 0.333. The van der Waals surface area contributed by atoms with Gasteiger partial charge in [-0.1, -0.05) is 17.7 Å². The summed E-state index contributed by atoms with van der Waals surface area (Å²) in [6, 6.07) is 3.41. The highest BCUT2D eigenvalue weighted by atomic mass is 35.5. The number of hydrogen-bond donors (Lipinski definition) is 1. The number of likely N-dealkylation sites (N-methyl/N-ethyl adjacent to an activating group) is 1. The zero-order valence-corrected chi connectivity index (χ0v) is 9.44. The molecule has 0 radical (unpaired) electrons. The third kappa shape index (κ3) is 3.82. The maximum atomic E-state index is 10.2. The third-order valence-electron chi connectivity index (χ3n) is 1.95. The van der Waals surface area contributed by atoms with Crippen molar-refractivity contribution < 1.29 is 4.92 Å². The van der Waals surface area contributed by atoms with E-state index in [9.17, 15) is 10.1 Å². The van der Waals surface area contributed by atoms with E-state index in [2.05, 4.69) is 4.98 Å². The summed E-state index contributed by atoms with van der Waals surface area (Å²) < 4.78 is 0. The van der Waals surface area contributed by atoms with E-state index in [4.69, 9.17) is 17.0 Å². The summed E-state index contributed by atoms with van der Waals surface area (Å²) in [5.41, 5.74) is 0.847. The van der Waals surface area contributed by atoms with Gasteiger partial charge in [0.15, 0.2) is 5.84 Å². The number of nitrogens with zero attached hydrogens (tertiary/aromatic N) is 3. The molecule has 16 heavy (non-hydrogen) atoms. The molecule has 0 aliphatic carbocycles. The first-order valence-corrected chi connectivity index (χ1v) is 4.87. The normalized spacial score (nSPS) is 9.88. The SMILES string of the molecule is CN(Cc1ccc(Cl)nc1)C(=N)C[N+](=O)[O-]. The highest BCUT2D eigenvalue weighted by Gasteiger charge is 2.11. The van der Waals surface area contributed by atoms with Crippen LogP contribution >= 0.6 is 11.6 Å². The van der Waals surface area contributed by atoms with Crippen LogP contribution in [0.3, 0.4) is 0 Å². The van der Waals surface area contributed by atoms with Crippen molar-refractivity contribution in [3.63, 3.8) is 0 Å². The number of nitrogens with one attached hydrogen (secondary N) is 1. The molecule has 0 unspecified atom stereocenters. The van der Waals surface area contributed by atoms with Crippen molar-refractivity contribution in [2.45, 2.75) is 6.54 Å². The number of pyridine rings is 1. The van der Waals surface area contributed by atoms with Crippen LogP contribution in [-0.4, -0.2) is 34.2 Å². The molecule has 0 aromatic carbocycles. The van der Waals surface area contributed by atoms with Gasteiger partial charge < -0.3 is 4.90 Å². The zero-order valence-electron chi connectivity index (χ0n) is 8.68. The molecule has 1 N–H and O–H groups in total. The molecule has 0 fully saturated rings. The lowest BCUT2D eigenvalue weighted by molar-refractivity contribution is -0.464. The molecule has 0 saturated heterocycles. The van der Waals surface area contributed by atoms with Gasteiger partial charge in [-0.2, -0.15) is 0 Å². The molecule has 1 aromatic heterocycles. The summed E-state index contributed by atoms with van der Waals surface area (Å²) in [6.45, 7) is -0.0750. The molecular weight excluding hydrogens is 232 g/mol. The Morgan fingerprint density at radius 3 is 2.88 bits per heavy atom. The second-order valence-electron chi connectivity index (χ2n) is 3.28. The zero-order chi connectivity index (χ0) is 12.1. The molecule has 1 rings (SSSR count). The summed E-state index contributed by atoms with van der Waals surface area (Å²) in [6.07, 6.45) is 1.58.